The van der Waals surface area contributed by atoms with Crippen LogP contribution in [0.4, 0.5) is 0 Å². The summed E-state index contributed by atoms with van der Waals surface area (Å²) in [5, 5.41) is 3.04. The molecule has 34 heavy (non-hydrogen) atoms. The Hall–Kier alpha value is -3.60. The van der Waals surface area contributed by atoms with E-state index in [9.17, 15) is 9.59 Å². The lowest BCUT2D eigenvalue weighted by atomic mass is 10.0. The molecule has 178 valence electrons. The van der Waals surface area contributed by atoms with Crippen LogP contribution in [0.3, 0.4) is 0 Å². The molecule has 0 radical (unpaired) electrons. The average Bonchev–Trinajstić information content (AvgIpc) is 2.87. The predicted molar refractivity (Wildman–Crippen MR) is 135 cm³/mol. The number of benzene rings is 3. The Morgan fingerprint density at radius 3 is 2.06 bits per heavy atom. The maximum Gasteiger partial charge on any atom is 0.247 e. The van der Waals surface area contributed by atoms with Gasteiger partial charge in [0.05, 0.1) is 7.11 Å². The van der Waals surface area contributed by atoms with Crippen molar-refractivity contribution in [2.45, 2.75) is 39.3 Å². The zero-order valence-corrected chi connectivity index (χ0v) is 20.2. The van der Waals surface area contributed by atoms with E-state index in [1.54, 1.807) is 12.0 Å². The number of nitrogens with zero attached hydrogens (tertiary/aromatic N) is 1. The van der Waals surface area contributed by atoms with Crippen molar-refractivity contribution in [3.8, 4) is 5.75 Å². The van der Waals surface area contributed by atoms with Crippen LogP contribution in [0, 0.1) is 5.92 Å². The van der Waals surface area contributed by atoms with Gasteiger partial charge in [-0.1, -0.05) is 86.6 Å². The van der Waals surface area contributed by atoms with E-state index in [0.29, 0.717) is 31.8 Å². The smallest absolute Gasteiger partial charge is 0.247 e. The Bertz CT molecular complexity index is 1030. The summed E-state index contributed by atoms with van der Waals surface area (Å²) >= 11 is 0. The third kappa shape index (κ3) is 7.20. The molecular weight excluding hydrogens is 424 g/mol. The van der Waals surface area contributed by atoms with Crippen LogP contribution in [0.2, 0.25) is 0 Å². The van der Waals surface area contributed by atoms with E-state index in [-0.39, 0.29) is 11.8 Å². The highest BCUT2D eigenvalue weighted by atomic mass is 16.5. The van der Waals surface area contributed by atoms with Crippen LogP contribution in [0.5, 0.6) is 5.75 Å². The molecular formula is C29H34N2O3. The minimum Gasteiger partial charge on any atom is -0.497 e. The maximum atomic E-state index is 13.6. The number of rotatable bonds is 11. The van der Waals surface area contributed by atoms with Crippen molar-refractivity contribution in [1.29, 1.82) is 0 Å². The minimum atomic E-state index is -0.717. The first kappa shape index (κ1) is 25.0. The maximum absolute atomic E-state index is 13.6. The molecule has 0 saturated carbocycles. The van der Waals surface area contributed by atoms with Crippen LogP contribution in [0.15, 0.2) is 84.9 Å². The summed E-state index contributed by atoms with van der Waals surface area (Å²) < 4.78 is 5.27. The van der Waals surface area contributed by atoms with Gasteiger partial charge in [0, 0.05) is 19.5 Å². The summed E-state index contributed by atoms with van der Waals surface area (Å²) in [6, 6.07) is 26.4. The quantitative estimate of drug-likeness (QED) is 0.431. The van der Waals surface area contributed by atoms with E-state index in [0.717, 1.165) is 22.4 Å². The Balaban J connectivity index is 1.92. The highest BCUT2D eigenvalue weighted by Gasteiger charge is 2.31. The fraction of sp³-hybridized carbons (Fsp3) is 0.310. The number of aryl methyl sites for hydroxylation is 1. The molecule has 0 unspecified atom stereocenters. The van der Waals surface area contributed by atoms with Gasteiger partial charge in [0.1, 0.15) is 11.8 Å². The van der Waals surface area contributed by atoms with Gasteiger partial charge in [0.2, 0.25) is 11.8 Å². The number of methoxy groups -OCH3 is 1. The number of hydrogen-bond donors (Lipinski definition) is 1. The molecule has 3 aromatic carbocycles. The number of carbonyl (C=O) groups excluding carboxylic acids is 2. The average molecular weight is 459 g/mol. The van der Waals surface area contributed by atoms with E-state index >= 15 is 0 Å². The van der Waals surface area contributed by atoms with Gasteiger partial charge in [0.25, 0.3) is 0 Å². The molecule has 0 spiro atoms. The van der Waals surface area contributed by atoms with Gasteiger partial charge in [0.15, 0.2) is 0 Å². The SMILES string of the molecule is COc1ccc(CN(C(=O)CCc2ccccc2)[C@@H](C(=O)NCC(C)C)c2ccccc2)cc1. The fourth-order valence-electron chi connectivity index (χ4n) is 3.80. The third-order valence-electron chi connectivity index (χ3n) is 5.66. The first-order valence-electron chi connectivity index (χ1n) is 11.8. The lowest BCUT2D eigenvalue weighted by molar-refractivity contribution is -0.141. The van der Waals surface area contributed by atoms with Crippen molar-refractivity contribution < 1.29 is 14.3 Å². The van der Waals surface area contributed by atoms with Crippen LogP contribution >= 0.6 is 0 Å². The molecule has 0 fully saturated rings. The molecule has 5 heteroatoms. The molecule has 0 aromatic heterocycles. The molecule has 2 amide bonds. The normalized spacial score (nSPS) is 11.6. The van der Waals surface area contributed by atoms with Gasteiger partial charge < -0.3 is 15.0 Å². The van der Waals surface area contributed by atoms with Gasteiger partial charge in [-0.3, -0.25) is 9.59 Å². The van der Waals surface area contributed by atoms with Gasteiger partial charge in [-0.25, -0.2) is 0 Å². The molecule has 1 atom stereocenters. The monoisotopic (exact) mass is 458 g/mol. The van der Waals surface area contributed by atoms with Crippen molar-refractivity contribution >= 4 is 11.8 Å². The van der Waals surface area contributed by atoms with Crippen molar-refractivity contribution in [3.63, 3.8) is 0 Å². The highest BCUT2D eigenvalue weighted by molar-refractivity contribution is 5.88. The second-order valence-electron chi connectivity index (χ2n) is 8.81. The number of hydrogen-bond acceptors (Lipinski definition) is 3. The van der Waals surface area contributed by atoms with Crippen LogP contribution < -0.4 is 10.1 Å². The fourth-order valence-corrected chi connectivity index (χ4v) is 3.80. The van der Waals surface area contributed by atoms with Gasteiger partial charge in [-0.05, 0) is 41.2 Å². The van der Waals surface area contributed by atoms with E-state index in [2.05, 4.69) is 19.2 Å². The summed E-state index contributed by atoms with van der Waals surface area (Å²) in [4.78, 5) is 28.8. The number of amides is 2. The molecule has 3 rings (SSSR count). The van der Waals surface area contributed by atoms with E-state index in [4.69, 9.17) is 4.74 Å². The molecule has 0 aliphatic heterocycles. The molecule has 1 N–H and O–H groups in total. The van der Waals surface area contributed by atoms with E-state index in [1.807, 2.05) is 84.9 Å². The minimum absolute atomic E-state index is 0.0618. The lowest BCUT2D eigenvalue weighted by Gasteiger charge is -2.32. The second-order valence-corrected chi connectivity index (χ2v) is 8.81. The van der Waals surface area contributed by atoms with Crippen molar-refractivity contribution in [2.24, 2.45) is 5.92 Å². The summed E-state index contributed by atoms with van der Waals surface area (Å²) in [7, 11) is 1.62. The zero-order chi connectivity index (χ0) is 24.3. The number of nitrogens with one attached hydrogen (secondary N) is 1. The molecule has 0 bridgehead atoms. The highest BCUT2D eigenvalue weighted by Crippen LogP contribution is 2.26. The predicted octanol–water partition coefficient (Wildman–Crippen LogP) is 5.17. The van der Waals surface area contributed by atoms with Crippen LogP contribution in [0.25, 0.3) is 0 Å². The van der Waals surface area contributed by atoms with Gasteiger partial charge >= 0.3 is 0 Å². The van der Waals surface area contributed by atoms with Gasteiger partial charge in [-0.15, -0.1) is 0 Å². The summed E-state index contributed by atoms with van der Waals surface area (Å²) in [6.45, 7) is 4.99. The zero-order valence-electron chi connectivity index (χ0n) is 20.2. The largest absolute Gasteiger partial charge is 0.497 e. The van der Waals surface area contributed by atoms with Crippen molar-refractivity contribution in [1.82, 2.24) is 10.2 Å². The lowest BCUT2D eigenvalue weighted by Crippen LogP contribution is -2.44. The molecule has 0 saturated heterocycles. The molecule has 5 nitrogen and oxygen atoms in total. The van der Waals surface area contributed by atoms with E-state index in [1.165, 1.54) is 0 Å². The summed E-state index contributed by atoms with van der Waals surface area (Å²) in [5.41, 5.74) is 2.83. The Morgan fingerprint density at radius 2 is 1.47 bits per heavy atom. The second kappa shape index (κ2) is 12.6. The molecule has 3 aromatic rings. The molecule has 0 aliphatic carbocycles. The topological polar surface area (TPSA) is 58.6 Å². The van der Waals surface area contributed by atoms with E-state index < -0.39 is 6.04 Å². The van der Waals surface area contributed by atoms with Crippen molar-refractivity contribution in [3.05, 3.63) is 102 Å². The number of carbonyl (C=O) groups is 2. The Kier molecular flexibility index (Phi) is 9.27. The molecule has 0 aliphatic rings. The van der Waals surface area contributed by atoms with Crippen molar-refractivity contribution in [2.75, 3.05) is 13.7 Å². The Morgan fingerprint density at radius 1 is 0.853 bits per heavy atom. The van der Waals surface area contributed by atoms with Crippen LogP contribution in [-0.2, 0) is 22.6 Å². The summed E-state index contributed by atoms with van der Waals surface area (Å²) in [6.07, 6.45) is 0.939. The molecule has 0 heterocycles. The number of ether oxygens (including phenoxy) is 1. The van der Waals surface area contributed by atoms with Crippen LogP contribution in [-0.4, -0.2) is 30.4 Å². The summed E-state index contributed by atoms with van der Waals surface area (Å²) in [5.74, 6) is 0.832. The van der Waals surface area contributed by atoms with Gasteiger partial charge in [-0.2, -0.15) is 0 Å². The standard InChI is InChI=1S/C29H34N2O3/c1-22(2)20-30-29(33)28(25-12-8-5-9-13-25)31(21-24-14-17-26(34-3)18-15-24)27(32)19-16-23-10-6-4-7-11-23/h4-15,17-18,22,28H,16,19-21H2,1-3H3,(H,30,33)/t28-/m1/s1. The third-order valence-corrected chi connectivity index (χ3v) is 5.66. The van der Waals surface area contributed by atoms with Crippen LogP contribution in [0.1, 0.15) is 43.0 Å². The first-order valence-corrected chi connectivity index (χ1v) is 11.8. The first-order chi connectivity index (χ1) is 16.5. The Labute approximate surface area is 202 Å².